The predicted molar refractivity (Wildman–Crippen MR) is 79.7 cm³/mol. The zero-order chi connectivity index (χ0) is 14.0. The summed E-state index contributed by atoms with van der Waals surface area (Å²) in [6, 6.07) is 12.2. The van der Waals surface area contributed by atoms with Crippen LogP contribution in [0, 0.1) is 0 Å². The summed E-state index contributed by atoms with van der Waals surface area (Å²) in [5.74, 6) is 0. The number of fused-ring (bicyclic) bond motifs is 1. The highest BCUT2D eigenvalue weighted by Crippen LogP contribution is 2.32. The summed E-state index contributed by atoms with van der Waals surface area (Å²) >= 11 is 0. The predicted octanol–water partition coefficient (Wildman–Crippen LogP) is 3.10. The van der Waals surface area contributed by atoms with Gasteiger partial charge in [-0.25, -0.2) is 0 Å². The fraction of sp³-hybridized carbons (Fsp3) is 0.471. The number of aromatic nitrogens is 1. The number of methoxy groups -OCH3 is 1. The van der Waals surface area contributed by atoms with Gasteiger partial charge < -0.3 is 9.84 Å². The highest BCUT2D eigenvalue weighted by molar-refractivity contribution is 5.78. The molecule has 0 saturated heterocycles. The Balaban J connectivity index is 1.75. The van der Waals surface area contributed by atoms with Crippen molar-refractivity contribution in [2.75, 3.05) is 7.11 Å². The first-order valence-electron chi connectivity index (χ1n) is 7.28. The molecule has 1 aromatic heterocycles. The lowest BCUT2D eigenvalue weighted by atomic mass is 9.80. The SMILES string of the molecule is COC1CCC(O)(Cc2ccc3ccccc3n2)CC1. The molecule has 1 aliphatic rings. The number of hydrogen-bond acceptors (Lipinski definition) is 3. The van der Waals surface area contributed by atoms with Crippen molar-refractivity contribution < 1.29 is 9.84 Å². The number of rotatable bonds is 3. The first-order valence-corrected chi connectivity index (χ1v) is 7.28. The second-order valence-corrected chi connectivity index (χ2v) is 5.83. The smallest absolute Gasteiger partial charge is 0.0705 e. The Morgan fingerprint density at radius 3 is 2.70 bits per heavy atom. The molecule has 106 valence electrons. The van der Waals surface area contributed by atoms with E-state index in [-0.39, 0.29) is 0 Å². The number of para-hydroxylation sites is 1. The van der Waals surface area contributed by atoms with Gasteiger partial charge in [-0.2, -0.15) is 0 Å². The second kappa shape index (κ2) is 5.51. The lowest BCUT2D eigenvalue weighted by Gasteiger charge is -2.35. The minimum absolute atomic E-state index is 0.305. The Bertz CT molecular complexity index is 588. The average Bonchev–Trinajstić information content (AvgIpc) is 2.48. The van der Waals surface area contributed by atoms with Gasteiger partial charge in [0.05, 0.1) is 17.2 Å². The Hall–Kier alpha value is -1.45. The van der Waals surface area contributed by atoms with Crippen LogP contribution >= 0.6 is 0 Å². The molecule has 20 heavy (non-hydrogen) atoms. The number of benzene rings is 1. The lowest BCUT2D eigenvalue weighted by molar-refractivity contribution is -0.0432. The second-order valence-electron chi connectivity index (χ2n) is 5.83. The van der Waals surface area contributed by atoms with Crippen molar-refractivity contribution in [2.24, 2.45) is 0 Å². The molecule has 3 rings (SSSR count). The Kier molecular flexibility index (Phi) is 3.72. The van der Waals surface area contributed by atoms with Crippen LogP contribution < -0.4 is 0 Å². The van der Waals surface area contributed by atoms with Gasteiger partial charge in [0.25, 0.3) is 0 Å². The molecule has 0 unspecified atom stereocenters. The minimum atomic E-state index is -0.621. The third-order valence-electron chi connectivity index (χ3n) is 4.36. The standard InChI is InChI=1S/C17H21NO2/c1-20-15-8-10-17(19,11-9-15)12-14-7-6-13-4-2-3-5-16(13)18-14/h2-7,15,19H,8-12H2,1H3. The van der Waals surface area contributed by atoms with Crippen molar-refractivity contribution in [3.63, 3.8) is 0 Å². The maximum Gasteiger partial charge on any atom is 0.0705 e. The van der Waals surface area contributed by atoms with Crippen molar-refractivity contribution >= 4 is 10.9 Å². The van der Waals surface area contributed by atoms with Gasteiger partial charge in [0.1, 0.15) is 0 Å². The molecule has 3 heteroatoms. The summed E-state index contributed by atoms with van der Waals surface area (Å²) in [4.78, 5) is 4.66. The van der Waals surface area contributed by atoms with E-state index in [2.05, 4.69) is 17.1 Å². The summed E-state index contributed by atoms with van der Waals surface area (Å²) < 4.78 is 5.37. The van der Waals surface area contributed by atoms with E-state index in [1.54, 1.807) is 7.11 Å². The molecule has 1 fully saturated rings. The zero-order valence-electron chi connectivity index (χ0n) is 11.9. The summed E-state index contributed by atoms with van der Waals surface area (Å²) in [5, 5.41) is 11.9. The molecule has 1 saturated carbocycles. The third-order valence-corrected chi connectivity index (χ3v) is 4.36. The molecule has 0 atom stereocenters. The van der Waals surface area contributed by atoms with Crippen LogP contribution in [0.2, 0.25) is 0 Å². The molecule has 0 aliphatic heterocycles. The fourth-order valence-corrected chi connectivity index (χ4v) is 3.08. The van der Waals surface area contributed by atoms with Gasteiger partial charge in [-0.1, -0.05) is 24.3 Å². The van der Waals surface area contributed by atoms with Gasteiger partial charge >= 0.3 is 0 Å². The third kappa shape index (κ3) is 2.84. The molecule has 1 heterocycles. The summed E-state index contributed by atoms with van der Waals surface area (Å²) in [6.45, 7) is 0. The van der Waals surface area contributed by atoms with E-state index in [9.17, 15) is 5.11 Å². The lowest BCUT2D eigenvalue weighted by Crippen LogP contribution is -2.38. The van der Waals surface area contributed by atoms with Crippen LogP contribution in [0.25, 0.3) is 10.9 Å². The van der Waals surface area contributed by atoms with Crippen LogP contribution in [0.1, 0.15) is 31.4 Å². The zero-order valence-corrected chi connectivity index (χ0v) is 11.9. The molecular formula is C17H21NO2. The number of nitrogens with zero attached hydrogens (tertiary/aromatic N) is 1. The van der Waals surface area contributed by atoms with Gasteiger partial charge in [-0.05, 0) is 37.8 Å². The fourth-order valence-electron chi connectivity index (χ4n) is 3.08. The molecule has 1 aliphatic carbocycles. The van der Waals surface area contributed by atoms with E-state index in [4.69, 9.17) is 4.74 Å². The topological polar surface area (TPSA) is 42.4 Å². The quantitative estimate of drug-likeness (QED) is 0.932. The monoisotopic (exact) mass is 271 g/mol. The Labute approximate surface area is 119 Å². The van der Waals surface area contributed by atoms with Gasteiger partial charge in [0.2, 0.25) is 0 Å². The van der Waals surface area contributed by atoms with E-state index >= 15 is 0 Å². The average molecular weight is 271 g/mol. The van der Waals surface area contributed by atoms with Crippen LogP contribution in [0.4, 0.5) is 0 Å². The number of aliphatic hydroxyl groups is 1. The molecule has 0 bridgehead atoms. The van der Waals surface area contributed by atoms with Crippen LogP contribution in [-0.4, -0.2) is 28.9 Å². The first-order chi connectivity index (χ1) is 9.68. The van der Waals surface area contributed by atoms with E-state index in [1.165, 1.54) is 0 Å². The van der Waals surface area contributed by atoms with E-state index < -0.39 is 5.60 Å². The number of ether oxygens (including phenoxy) is 1. The first kappa shape index (κ1) is 13.5. The minimum Gasteiger partial charge on any atom is -0.389 e. The van der Waals surface area contributed by atoms with E-state index in [0.29, 0.717) is 12.5 Å². The molecule has 1 N–H and O–H groups in total. The summed E-state index contributed by atoms with van der Waals surface area (Å²) in [6.07, 6.45) is 4.38. The van der Waals surface area contributed by atoms with Gasteiger partial charge in [-0.15, -0.1) is 0 Å². The van der Waals surface area contributed by atoms with Crippen LogP contribution in [0.5, 0.6) is 0 Å². The van der Waals surface area contributed by atoms with Crippen molar-refractivity contribution in [1.82, 2.24) is 4.98 Å². The van der Waals surface area contributed by atoms with Crippen molar-refractivity contribution in [2.45, 2.75) is 43.8 Å². The highest BCUT2D eigenvalue weighted by Gasteiger charge is 2.33. The molecule has 0 spiro atoms. The normalized spacial score (nSPS) is 26.8. The largest absolute Gasteiger partial charge is 0.389 e. The maximum atomic E-state index is 10.7. The molecular weight excluding hydrogens is 250 g/mol. The molecule has 0 amide bonds. The molecule has 0 radical (unpaired) electrons. The van der Waals surface area contributed by atoms with Gasteiger partial charge in [-0.3, -0.25) is 4.98 Å². The Morgan fingerprint density at radius 1 is 1.20 bits per heavy atom. The van der Waals surface area contributed by atoms with Gasteiger partial charge in [0.15, 0.2) is 0 Å². The maximum absolute atomic E-state index is 10.7. The van der Waals surface area contributed by atoms with Crippen LogP contribution in [-0.2, 0) is 11.2 Å². The summed E-state index contributed by atoms with van der Waals surface area (Å²) in [5.41, 5.74) is 1.35. The van der Waals surface area contributed by atoms with Gasteiger partial charge in [0, 0.05) is 24.6 Å². The Morgan fingerprint density at radius 2 is 1.95 bits per heavy atom. The highest BCUT2D eigenvalue weighted by atomic mass is 16.5. The van der Waals surface area contributed by atoms with E-state index in [0.717, 1.165) is 42.3 Å². The van der Waals surface area contributed by atoms with Crippen molar-refractivity contribution in [3.8, 4) is 0 Å². The van der Waals surface area contributed by atoms with Crippen LogP contribution in [0.3, 0.4) is 0 Å². The number of pyridine rings is 1. The summed E-state index contributed by atoms with van der Waals surface area (Å²) in [7, 11) is 1.75. The van der Waals surface area contributed by atoms with Crippen molar-refractivity contribution in [1.29, 1.82) is 0 Å². The van der Waals surface area contributed by atoms with Crippen molar-refractivity contribution in [3.05, 3.63) is 42.1 Å². The number of hydrogen-bond donors (Lipinski definition) is 1. The molecule has 3 nitrogen and oxygen atoms in total. The molecule has 2 aromatic rings. The van der Waals surface area contributed by atoms with Crippen LogP contribution in [0.15, 0.2) is 36.4 Å². The molecule has 1 aromatic carbocycles. The van der Waals surface area contributed by atoms with E-state index in [1.807, 2.05) is 24.3 Å².